The molecule has 1 N–H and O–H groups in total. The molecule has 3 aromatic rings. The van der Waals surface area contributed by atoms with Crippen molar-refractivity contribution in [3.8, 4) is 5.75 Å². The molecule has 0 fully saturated rings. The number of hydrogen-bond acceptors (Lipinski definition) is 3. The first-order chi connectivity index (χ1) is 11.6. The van der Waals surface area contributed by atoms with Crippen LogP contribution in [0.1, 0.15) is 6.92 Å². The topological polar surface area (TPSA) is 46.5 Å². The first-order valence-electron chi connectivity index (χ1n) is 7.55. The van der Waals surface area contributed by atoms with E-state index in [0.29, 0.717) is 0 Å². The van der Waals surface area contributed by atoms with Crippen LogP contribution in [0.3, 0.4) is 0 Å². The van der Waals surface area contributed by atoms with Gasteiger partial charge in [-0.2, -0.15) is 0 Å². The number of benzene rings is 3. The van der Waals surface area contributed by atoms with Crippen LogP contribution in [-0.2, 0) is 8.98 Å². The lowest BCUT2D eigenvalue weighted by atomic mass is 10.3. The van der Waals surface area contributed by atoms with Crippen molar-refractivity contribution >= 4 is 16.3 Å². The Kier molecular flexibility index (Phi) is 4.58. The van der Waals surface area contributed by atoms with Gasteiger partial charge in [-0.3, -0.25) is 4.79 Å². The molecule has 24 heavy (non-hydrogen) atoms. The van der Waals surface area contributed by atoms with E-state index in [-0.39, 0.29) is 11.7 Å². The van der Waals surface area contributed by atoms with E-state index in [1.54, 1.807) is 12.1 Å². The van der Waals surface area contributed by atoms with Crippen molar-refractivity contribution in [1.29, 1.82) is 0 Å². The van der Waals surface area contributed by atoms with E-state index in [0.717, 1.165) is 14.7 Å². The highest BCUT2D eigenvalue weighted by Crippen LogP contribution is 2.69. The van der Waals surface area contributed by atoms with Crippen LogP contribution >= 0.6 is 10.3 Å². The fourth-order valence-corrected chi connectivity index (χ4v) is 5.65. The maximum atomic E-state index is 12.0. The minimum Gasteiger partial charge on any atom is -0.508 e. The maximum absolute atomic E-state index is 12.0. The van der Waals surface area contributed by atoms with Crippen LogP contribution in [0, 0.1) is 0 Å². The monoisotopic (exact) mass is 338 g/mol. The lowest BCUT2D eigenvalue weighted by Crippen LogP contribution is -2.11. The molecule has 0 amide bonds. The van der Waals surface area contributed by atoms with Gasteiger partial charge in [0.2, 0.25) is 0 Å². The van der Waals surface area contributed by atoms with Crippen LogP contribution in [0.15, 0.2) is 99.6 Å². The molecule has 3 aromatic carbocycles. The summed E-state index contributed by atoms with van der Waals surface area (Å²) in [6.45, 7) is 1.42. The van der Waals surface area contributed by atoms with Gasteiger partial charge in [0.15, 0.2) is 0 Å². The molecule has 0 unspecified atom stereocenters. The van der Waals surface area contributed by atoms with E-state index in [1.165, 1.54) is 6.92 Å². The second kappa shape index (κ2) is 6.81. The molecule has 122 valence electrons. The first-order valence-corrected chi connectivity index (χ1v) is 9.11. The van der Waals surface area contributed by atoms with E-state index in [2.05, 4.69) is 0 Å². The molecule has 4 heteroatoms. The third-order valence-corrected chi connectivity index (χ3v) is 6.85. The van der Waals surface area contributed by atoms with Crippen LogP contribution in [0.4, 0.5) is 0 Å². The summed E-state index contributed by atoms with van der Waals surface area (Å²) in [6.07, 6.45) is 0. The summed E-state index contributed by atoms with van der Waals surface area (Å²) in [6, 6.07) is 26.3. The van der Waals surface area contributed by atoms with Gasteiger partial charge in [0.25, 0.3) is 0 Å². The van der Waals surface area contributed by atoms with Gasteiger partial charge in [0.1, 0.15) is 5.75 Å². The number of carbonyl (C=O) groups excluding carboxylic acids is 1. The molecule has 0 aliphatic heterocycles. The molecule has 0 heterocycles. The van der Waals surface area contributed by atoms with Gasteiger partial charge in [0, 0.05) is 21.6 Å². The third kappa shape index (κ3) is 3.01. The summed E-state index contributed by atoms with van der Waals surface area (Å²) in [4.78, 5) is 14.7. The lowest BCUT2D eigenvalue weighted by molar-refractivity contribution is -0.131. The van der Waals surface area contributed by atoms with Gasteiger partial charge in [-0.25, -0.2) is 0 Å². The van der Waals surface area contributed by atoms with Gasteiger partial charge in [-0.15, -0.1) is 0 Å². The number of carbonyl (C=O) groups is 1. The predicted octanol–water partition coefficient (Wildman–Crippen LogP) is 5.15. The highest BCUT2D eigenvalue weighted by atomic mass is 32.3. The standard InChI is InChI=1S/C20H18O3S/c1-16(21)23-24(18-8-4-2-5-9-18,19-10-6-3-7-11-19)20-14-12-17(22)13-15-20/h2-15,22H,1H3. The van der Waals surface area contributed by atoms with E-state index in [4.69, 9.17) is 4.18 Å². The largest absolute Gasteiger partial charge is 0.508 e. The van der Waals surface area contributed by atoms with Gasteiger partial charge in [-0.05, 0) is 58.8 Å². The smallest absolute Gasteiger partial charge is 0.313 e. The van der Waals surface area contributed by atoms with Crippen molar-refractivity contribution in [2.24, 2.45) is 0 Å². The SMILES string of the molecule is CC(=O)OS(c1ccccc1)(c1ccccc1)c1ccc(O)cc1. The molecular formula is C20H18O3S. The Morgan fingerprint density at radius 3 is 1.58 bits per heavy atom. The number of aromatic hydroxyl groups is 1. The van der Waals surface area contributed by atoms with E-state index in [1.807, 2.05) is 72.8 Å². The van der Waals surface area contributed by atoms with Gasteiger partial charge < -0.3 is 9.29 Å². The Labute approximate surface area is 143 Å². The Morgan fingerprint density at radius 2 is 1.17 bits per heavy atom. The molecule has 0 aliphatic rings. The van der Waals surface area contributed by atoms with E-state index < -0.39 is 10.3 Å². The fraction of sp³-hybridized carbons (Fsp3) is 0.0500. The van der Waals surface area contributed by atoms with Crippen LogP contribution in [0.5, 0.6) is 5.75 Å². The van der Waals surface area contributed by atoms with Crippen molar-refractivity contribution in [3.05, 3.63) is 84.9 Å². The number of hydrogen-bond donors (Lipinski definition) is 1. The molecule has 0 radical (unpaired) electrons. The van der Waals surface area contributed by atoms with Crippen LogP contribution < -0.4 is 0 Å². The molecule has 3 nitrogen and oxygen atoms in total. The van der Waals surface area contributed by atoms with Crippen molar-refractivity contribution in [2.45, 2.75) is 21.6 Å². The second-order valence-electron chi connectivity index (χ2n) is 5.25. The Balaban J connectivity index is 2.32. The summed E-state index contributed by atoms with van der Waals surface area (Å²) >= 11 is 0. The number of phenols is 1. The second-order valence-corrected chi connectivity index (χ2v) is 7.94. The van der Waals surface area contributed by atoms with Crippen LogP contribution in [0.25, 0.3) is 0 Å². The van der Waals surface area contributed by atoms with E-state index in [9.17, 15) is 9.90 Å². The summed E-state index contributed by atoms with van der Waals surface area (Å²) in [5.74, 6) is -0.165. The molecule has 3 rings (SSSR count). The Bertz CT molecular complexity index is 775. The Morgan fingerprint density at radius 1 is 0.750 bits per heavy atom. The van der Waals surface area contributed by atoms with Crippen molar-refractivity contribution in [3.63, 3.8) is 0 Å². The maximum Gasteiger partial charge on any atom is 0.313 e. The van der Waals surface area contributed by atoms with Gasteiger partial charge in [-0.1, -0.05) is 36.4 Å². The summed E-state index contributed by atoms with van der Waals surface area (Å²) in [7, 11) is -2.21. The lowest BCUT2D eigenvalue weighted by Gasteiger charge is -2.39. The molecule has 0 aliphatic carbocycles. The van der Waals surface area contributed by atoms with Crippen LogP contribution in [-0.4, -0.2) is 11.1 Å². The summed E-state index contributed by atoms with van der Waals surface area (Å²) in [5.41, 5.74) is 0. The zero-order chi connectivity index (χ0) is 17.0. The third-order valence-electron chi connectivity index (χ3n) is 3.56. The van der Waals surface area contributed by atoms with Crippen molar-refractivity contribution in [1.82, 2.24) is 0 Å². The average Bonchev–Trinajstić information content (AvgIpc) is 2.62. The molecule has 0 aromatic heterocycles. The zero-order valence-electron chi connectivity index (χ0n) is 13.3. The highest BCUT2D eigenvalue weighted by molar-refractivity contribution is 8.30. The number of phenolic OH excluding ortho intramolecular Hbond substituents is 1. The van der Waals surface area contributed by atoms with E-state index >= 15 is 0 Å². The quantitative estimate of drug-likeness (QED) is 0.715. The molecule has 0 spiro atoms. The molecule has 0 saturated heterocycles. The average molecular weight is 338 g/mol. The molecular weight excluding hydrogens is 320 g/mol. The first kappa shape index (κ1) is 16.1. The Hall–Kier alpha value is -2.72. The minimum absolute atomic E-state index is 0.177. The minimum atomic E-state index is -2.21. The van der Waals surface area contributed by atoms with Crippen molar-refractivity contribution < 1.29 is 14.1 Å². The molecule has 0 bridgehead atoms. The van der Waals surface area contributed by atoms with Gasteiger partial charge in [0.05, 0.1) is 0 Å². The highest BCUT2D eigenvalue weighted by Gasteiger charge is 2.34. The molecule has 0 atom stereocenters. The zero-order valence-corrected chi connectivity index (χ0v) is 14.1. The normalized spacial score (nSPS) is 11.7. The summed E-state index contributed by atoms with van der Waals surface area (Å²) < 4.78 is 6.00. The predicted molar refractivity (Wildman–Crippen MR) is 95.1 cm³/mol. The van der Waals surface area contributed by atoms with Crippen molar-refractivity contribution in [2.75, 3.05) is 0 Å². The molecule has 0 saturated carbocycles. The fourth-order valence-electron chi connectivity index (χ4n) is 2.59. The van der Waals surface area contributed by atoms with Gasteiger partial charge >= 0.3 is 5.97 Å². The number of rotatable bonds is 4. The summed E-state index contributed by atoms with van der Waals surface area (Å²) in [5, 5.41) is 9.65. The van der Waals surface area contributed by atoms with Crippen LogP contribution in [0.2, 0.25) is 0 Å².